The van der Waals surface area contributed by atoms with Crippen molar-refractivity contribution in [1.82, 2.24) is 14.3 Å². The van der Waals surface area contributed by atoms with E-state index in [0.29, 0.717) is 50.2 Å². The van der Waals surface area contributed by atoms with Gasteiger partial charge in [-0.2, -0.15) is 4.31 Å². The van der Waals surface area contributed by atoms with Crippen LogP contribution in [0.5, 0.6) is 0 Å². The lowest BCUT2D eigenvalue weighted by molar-refractivity contribution is 0.122. The summed E-state index contributed by atoms with van der Waals surface area (Å²) in [7, 11) is -3.38. The molecule has 8 nitrogen and oxygen atoms in total. The first-order valence-corrected chi connectivity index (χ1v) is 12.0. The van der Waals surface area contributed by atoms with Crippen LogP contribution in [0.1, 0.15) is 11.4 Å². The number of hydrogen-bond donors (Lipinski definition) is 0. The summed E-state index contributed by atoms with van der Waals surface area (Å²) < 4.78 is 32.6. The minimum absolute atomic E-state index is 0.0159. The van der Waals surface area contributed by atoms with Gasteiger partial charge in [0.2, 0.25) is 10.0 Å². The number of ether oxygens (including phenoxy) is 1. The summed E-state index contributed by atoms with van der Waals surface area (Å²) in [6.45, 7) is 6.97. The van der Waals surface area contributed by atoms with E-state index in [0.717, 1.165) is 30.3 Å². The number of aryl methyl sites for hydroxylation is 1. The van der Waals surface area contributed by atoms with E-state index in [1.807, 2.05) is 13.0 Å². The first-order chi connectivity index (χ1) is 14.4. The van der Waals surface area contributed by atoms with Gasteiger partial charge in [-0.05, 0) is 24.6 Å². The number of benzene rings is 1. The van der Waals surface area contributed by atoms with Crippen LogP contribution in [-0.2, 0) is 20.5 Å². The van der Waals surface area contributed by atoms with Crippen LogP contribution in [0.25, 0.3) is 0 Å². The molecule has 2 aliphatic rings. The van der Waals surface area contributed by atoms with E-state index < -0.39 is 10.0 Å². The van der Waals surface area contributed by atoms with Gasteiger partial charge in [0.25, 0.3) is 0 Å². The average molecular weight is 452 g/mol. The zero-order chi connectivity index (χ0) is 21.1. The van der Waals surface area contributed by atoms with Gasteiger partial charge in [0.1, 0.15) is 17.5 Å². The maximum Gasteiger partial charge on any atom is 0.218 e. The fraction of sp³-hybridized carbons (Fsp3) is 0.500. The van der Waals surface area contributed by atoms with Crippen molar-refractivity contribution in [2.24, 2.45) is 0 Å². The molecule has 2 fully saturated rings. The molecule has 10 heteroatoms. The molecule has 2 aliphatic heterocycles. The van der Waals surface area contributed by atoms with E-state index in [2.05, 4.69) is 19.8 Å². The summed E-state index contributed by atoms with van der Waals surface area (Å²) in [5.41, 5.74) is 0.739. The van der Waals surface area contributed by atoms with Crippen LogP contribution in [0.2, 0.25) is 5.02 Å². The lowest BCUT2D eigenvalue weighted by Crippen LogP contribution is -2.49. The predicted octanol–water partition coefficient (Wildman–Crippen LogP) is 1.93. The Labute approximate surface area is 182 Å². The quantitative estimate of drug-likeness (QED) is 0.687. The highest BCUT2D eigenvalue weighted by Crippen LogP contribution is 2.23. The van der Waals surface area contributed by atoms with Gasteiger partial charge in [-0.1, -0.05) is 23.7 Å². The second kappa shape index (κ2) is 9.05. The Morgan fingerprint density at radius 1 is 0.933 bits per heavy atom. The molecule has 3 heterocycles. The van der Waals surface area contributed by atoms with Crippen molar-refractivity contribution in [3.8, 4) is 0 Å². The number of aromatic nitrogens is 2. The lowest BCUT2D eigenvalue weighted by Gasteiger charge is -2.35. The molecule has 0 aliphatic carbocycles. The maximum atomic E-state index is 12.8. The number of hydrogen-bond acceptors (Lipinski definition) is 7. The molecular formula is C20H26ClN5O3S. The molecular weight excluding hydrogens is 426 g/mol. The van der Waals surface area contributed by atoms with Crippen LogP contribution in [0.15, 0.2) is 30.3 Å². The molecule has 30 heavy (non-hydrogen) atoms. The fourth-order valence-electron chi connectivity index (χ4n) is 3.73. The maximum absolute atomic E-state index is 12.8. The minimum atomic E-state index is -3.38. The summed E-state index contributed by atoms with van der Waals surface area (Å²) in [5, 5.41) is 0.598. The zero-order valence-corrected chi connectivity index (χ0v) is 18.6. The van der Waals surface area contributed by atoms with Crippen molar-refractivity contribution in [3.05, 3.63) is 46.7 Å². The predicted molar refractivity (Wildman–Crippen MR) is 118 cm³/mol. The van der Waals surface area contributed by atoms with Gasteiger partial charge in [-0.3, -0.25) is 0 Å². The lowest BCUT2D eigenvalue weighted by atomic mass is 10.2. The van der Waals surface area contributed by atoms with E-state index in [4.69, 9.17) is 16.3 Å². The number of sulfonamides is 1. The molecule has 0 saturated carbocycles. The first-order valence-electron chi connectivity index (χ1n) is 10.1. The van der Waals surface area contributed by atoms with E-state index in [-0.39, 0.29) is 5.75 Å². The van der Waals surface area contributed by atoms with Crippen molar-refractivity contribution in [2.45, 2.75) is 12.7 Å². The van der Waals surface area contributed by atoms with E-state index in [9.17, 15) is 8.42 Å². The largest absolute Gasteiger partial charge is 0.378 e. The van der Waals surface area contributed by atoms with Gasteiger partial charge in [0, 0.05) is 50.4 Å². The number of morpholine rings is 1. The zero-order valence-electron chi connectivity index (χ0n) is 17.0. The topological polar surface area (TPSA) is 78.9 Å². The summed E-state index contributed by atoms with van der Waals surface area (Å²) in [6, 6.07) is 8.94. The smallest absolute Gasteiger partial charge is 0.218 e. The molecule has 0 unspecified atom stereocenters. The Balaban J connectivity index is 1.41. The highest BCUT2D eigenvalue weighted by Gasteiger charge is 2.28. The van der Waals surface area contributed by atoms with Crippen LogP contribution in [0.4, 0.5) is 11.6 Å². The standard InChI is InChI=1S/C20H26ClN5O3S/c1-16-22-19(14-20(23-16)25-10-12-29-13-11-25)24-6-8-26(9-7-24)30(27,28)15-17-2-4-18(21)5-3-17/h2-5,14H,6-13,15H2,1H3. The number of nitrogens with zero attached hydrogens (tertiary/aromatic N) is 5. The van der Waals surface area contributed by atoms with Crippen molar-refractivity contribution in [1.29, 1.82) is 0 Å². The number of rotatable bonds is 5. The Morgan fingerprint density at radius 2 is 1.50 bits per heavy atom. The van der Waals surface area contributed by atoms with Crippen molar-refractivity contribution < 1.29 is 13.2 Å². The second-order valence-corrected chi connectivity index (χ2v) is 9.91. The molecule has 162 valence electrons. The van der Waals surface area contributed by atoms with Gasteiger partial charge in [0.05, 0.1) is 19.0 Å². The molecule has 0 N–H and O–H groups in total. The van der Waals surface area contributed by atoms with Gasteiger partial charge in [-0.15, -0.1) is 0 Å². The summed E-state index contributed by atoms with van der Waals surface area (Å²) in [4.78, 5) is 13.5. The molecule has 0 atom stereocenters. The van der Waals surface area contributed by atoms with E-state index in [1.54, 1.807) is 28.6 Å². The number of anilines is 2. The van der Waals surface area contributed by atoms with Crippen LogP contribution in [-0.4, -0.2) is 75.2 Å². The molecule has 0 bridgehead atoms. The van der Waals surface area contributed by atoms with E-state index in [1.165, 1.54) is 0 Å². The third-order valence-electron chi connectivity index (χ3n) is 5.36. The first kappa shape index (κ1) is 21.3. The molecule has 0 amide bonds. The van der Waals surface area contributed by atoms with Crippen molar-refractivity contribution in [2.75, 3.05) is 62.3 Å². The van der Waals surface area contributed by atoms with Gasteiger partial charge in [-0.25, -0.2) is 18.4 Å². The average Bonchev–Trinajstić information content (AvgIpc) is 2.75. The van der Waals surface area contributed by atoms with Crippen LogP contribution in [0.3, 0.4) is 0 Å². The van der Waals surface area contributed by atoms with Crippen LogP contribution in [0, 0.1) is 6.92 Å². The Bertz CT molecular complexity index is 972. The Kier molecular flexibility index (Phi) is 6.43. The molecule has 1 aromatic heterocycles. The second-order valence-electron chi connectivity index (χ2n) is 7.50. The molecule has 0 spiro atoms. The SMILES string of the molecule is Cc1nc(N2CCOCC2)cc(N2CCN(S(=O)(=O)Cc3ccc(Cl)cc3)CC2)n1. The minimum Gasteiger partial charge on any atom is -0.378 e. The molecule has 0 radical (unpaired) electrons. The monoisotopic (exact) mass is 451 g/mol. The molecule has 2 saturated heterocycles. The Morgan fingerprint density at radius 3 is 2.10 bits per heavy atom. The van der Waals surface area contributed by atoms with Crippen LogP contribution >= 0.6 is 11.6 Å². The number of piperazine rings is 1. The van der Waals surface area contributed by atoms with Crippen molar-refractivity contribution >= 4 is 33.3 Å². The highest BCUT2D eigenvalue weighted by molar-refractivity contribution is 7.88. The van der Waals surface area contributed by atoms with Crippen molar-refractivity contribution in [3.63, 3.8) is 0 Å². The molecule has 4 rings (SSSR count). The Hall–Kier alpha value is -1.94. The van der Waals surface area contributed by atoms with Gasteiger partial charge >= 0.3 is 0 Å². The highest BCUT2D eigenvalue weighted by atomic mass is 35.5. The molecule has 2 aromatic rings. The van der Waals surface area contributed by atoms with Gasteiger partial charge in [0.15, 0.2) is 0 Å². The molecule has 1 aromatic carbocycles. The summed E-state index contributed by atoms with van der Waals surface area (Å²) in [5.74, 6) is 2.45. The van der Waals surface area contributed by atoms with Crippen LogP contribution < -0.4 is 9.80 Å². The summed E-state index contributed by atoms with van der Waals surface area (Å²) >= 11 is 5.89. The fourth-order valence-corrected chi connectivity index (χ4v) is 5.37. The third kappa shape index (κ3) is 5.03. The number of halogens is 1. The summed E-state index contributed by atoms with van der Waals surface area (Å²) in [6.07, 6.45) is 0. The normalized spacial score (nSPS) is 18.6. The third-order valence-corrected chi connectivity index (χ3v) is 7.47. The van der Waals surface area contributed by atoms with E-state index >= 15 is 0 Å². The van der Waals surface area contributed by atoms with Gasteiger partial charge < -0.3 is 14.5 Å².